The summed E-state index contributed by atoms with van der Waals surface area (Å²) in [4.78, 5) is 12.9. The van der Waals surface area contributed by atoms with Crippen molar-refractivity contribution < 1.29 is 20.1 Å². The van der Waals surface area contributed by atoms with E-state index in [4.69, 9.17) is 0 Å². The quantitative estimate of drug-likeness (QED) is 0.432. The van der Waals surface area contributed by atoms with E-state index < -0.39 is 23.6 Å². The lowest BCUT2D eigenvalue weighted by Gasteiger charge is -2.68. The second-order valence-electron chi connectivity index (χ2n) is 15.0. The summed E-state index contributed by atoms with van der Waals surface area (Å²) in [6.07, 6.45) is 11.4. The molecule has 3 N–H and O–H groups in total. The second kappa shape index (κ2) is 6.52. The van der Waals surface area contributed by atoms with Gasteiger partial charge in [0.15, 0.2) is 0 Å². The minimum Gasteiger partial charge on any atom is -0.481 e. The van der Waals surface area contributed by atoms with Gasteiger partial charge in [-0.05, 0) is 108 Å². The highest BCUT2D eigenvalue weighted by Gasteiger charge is 2.84. The Balaban J connectivity index is 1.48. The summed E-state index contributed by atoms with van der Waals surface area (Å²) in [5.41, 5.74) is -0.594. The van der Waals surface area contributed by atoms with E-state index in [1.54, 1.807) is 0 Å². The molecular formula is C30H46O4. The molecule has 4 heteroatoms. The highest BCUT2D eigenvalue weighted by molar-refractivity contribution is 5.76. The zero-order valence-electron chi connectivity index (χ0n) is 22.1. The predicted octanol–water partition coefficient (Wildman–Crippen LogP) is 5.67. The maximum absolute atomic E-state index is 12.9. The minimum absolute atomic E-state index is 0.0223. The van der Waals surface area contributed by atoms with E-state index in [1.807, 2.05) is 0 Å². The molecular weight excluding hydrogens is 424 g/mol. The van der Waals surface area contributed by atoms with Gasteiger partial charge in [-0.25, -0.2) is 0 Å². The third kappa shape index (κ3) is 2.29. The molecule has 6 rings (SSSR count). The summed E-state index contributed by atoms with van der Waals surface area (Å²) < 4.78 is 0. The van der Waals surface area contributed by atoms with Gasteiger partial charge in [-0.15, -0.1) is 0 Å². The van der Waals surface area contributed by atoms with E-state index in [9.17, 15) is 20.1 Å². The van der Waals surface area contributed by atoms with Crippen molar-refractivity contribution in [1.82, 2.24) is 0 Å². The number of aliphatic hydroxyl groups is 2. The van der Waals surface area contributed by atoms with Crippen molar-refractivity contribution >= 4 is 5.97 Å². The van der Waals surface area contributed by atoms with Crippen LogP contribution in [0.25, 0.3) is 0 Å². The van der Waals surface area contributed by atoms with Crippen LogP contribution in [0.15, 0.2) is 12.2 Å². The van der Waals surface area contributed by atoms with E-state index in [2.05, 4.69) is 53.7 Å². The lowest BCUT2D eigenvalue weighted by Crippen LogP contribution is -2.65. The van der Waals surface area contributed by atoms with Crippen molar-refractivity contribution in [1.29, 1.82) is 0 Å². The summed E-state index contributed by atoms with van der Waals surface area (Å²) in [7, 11) is 0. The third-order valence-electron chi connectivity index (χ3n) is 13.9. The van der Waals surface area contributed by atoms with Crippen LogP contribution in [0.1, 0.15) is 92.9 Å². The van der Waals surface area contributed by atoms with Gasteiger partial charge in [-0.3, -0.25) is 4.79 Å². The van der Waals surface area contributed by atoms with Crippen LogP contribution in [-0.2, 0) is 4.79 Å². The lowest BCUT2D eigenvalue weighted by atomic mass is 9.36. The number of carboxylic acids is 1. The predicted molar refractivity (Wildman–Crippen MR) is 132 cm³/mol. The zero-order chi connectivity index (χ0) is 24.7. The Labute approximate surface area is 205 Å². The molecule has 6 aliphatic rings. The molecule has 0 aromatic rings. The fraction of sp³-hybridized carbons (Fsp3) is 0.900. The number of hydrogen-bond acceptors (Lipinski definition) is 3. The van der Waals surface area contributed by atoms with Crippen LogP contribution in [0.3, 0.4) is 0 Å². The second-order valence-corrected chi connectivity index (χ2v) is 15.0. The number of carbonyl (C=O) groups is 1. The van der Waals surface area contributed by atoms with Crippen LogP contribution in [0, 0.1) is 62.1 Å². The molecule has 0 radical (unpaired) electrons. The van der Waals surface area contributed by atoms with Gasteiger partial charge in [0.2, 0.25) is 0 Å². The highest BCUT2D eigenvalue weighted by atomic mass is 16.4. The number of hydrogen-bond donors (Lipinski definition) is 3. The van der Waals surface area contributed by atoms with Gasteiger partial charge in [-0.2, -0.15) is 0 Å². The van der Waals surface area contributed by atoms with Crippen molar-refractivity contribution in [3.05, 3.63) is 12.2 Å². The molecule has 0 spiro atoms. The van der Waals surface area contributed by atoms with Gasteiger partial charge in [0.25, 0.3) is 0 Å². The van der Waals surface area contributed by atoms with Gasteiger partial charge < -0.3 is 15.3 Å². The largest absolute Gasteiger partial charge is 0.481 e. The van der Waals surface area contributed by atoms with E-state index in [-0.39, 0.29) is 33.0 Å². The number of rotatable bonds is 1. The summed E-state index contributed by atoms with van der Waals surface area (Å²) in [6, 6.07) is 0. The first-order valence-corrected chi connectivity index (χ1v) is 14.0. The molecule has 12 atom stereocenters. The van der Waals surface area contributed by atoms with Crippen molar-refractivity contribution in [3.8, 4) is 0 Å². The number of carboxylic acid groups (broad SMARTS) is 1. The van der Waals surface area contributed by atoms with E-state index in [0.29, 0.717) is 30.1 Å². The summed E-state index contributed by atoms with van der Waals surface area (Å²) >= 11 is 0. The smallest absolute Gasteiger partial charge is 0.309 e. The maximum Gasteiger partial charge on any atom is 0.309 e. The van der Waals surface area contributed by atoms with Crippen molar-refractivity contribution in [3.63, 3.8) is 0 Å². The topological polar surface area (TPSA) is 77.8 Å². The Hall–Kier alpha value is -0.870. The Morgan fingerprint density at radius 1 is 0.971 bits per heavy atom. The molecule has 190 valence electrons. The Morgan fingerprint density at radius 3 is 2.35 bits per heavy atom. The number of allylic oxidation sites excluding steroid dienone is 2. The van der Waals surface area contributed by atoms with E-state index >= 15 is 0 Å². The Morgan fingerprint density at radius 2 is 1.68 bits per heavy atom. The van der Waals surface area contributed by atoms with Crippen LogP contribution >= 0.6 is 0 Å². The molecule has 5 fully saturated rings. The molecule has 6 aliphatic carbocycles. The van der Waals surface area contributed by atoms with Crippen LogP contribution in [0.2, 0.25) is 0 Å². The molecule has 0 aliphatic heterocycles. The Bertz CT molecular complexity index is 955. The first kappa shape index (κ1) is 23.5. The van der Waals surface area contributed by atoms with Gasteiger partial charge in [-0.1, -0.05) is 53.7 Å². The zero-order valence-corrected chi connectivity index (χ0v) is 22.1. The summed E-state index contributed by atoms with van der Waals surface area (Å²) in [5.74, 6) is 1.42. The third-order valence-corrected chi connectivity index (χ3v) is 13.9. The monoisotopic (exact) mass is 470 g/mol. The highest BCUT2D eigenvalue weighted by Crippen LogP contribution is 2.90. The molecule has 0 bridgehead atoms. The first-order chi connectivity index (χ1) is 15.7. The fourth-order valence-corrected chi connectivity index (χ4v) is 12.2. The van der Waals surface area contributed by atoms with Crippen LogP contribution in [0.5, 0.6) is 0 Å². The van der Waals surface area contributed by atoms with Crippen LogP contribution in [0.4, 0.5) is 0 Å². The molecule has 12 unspecified atom stereocenters. The molecule has 5 saturated carbocycles. The molecule has 34 heavy (non-hydrogen) atoms. The van der Waals surface area contributed by atoms with Gasteiger partial charge >= 0.3 is 5.97 Å². The molecule has 4 nitrogen and oxygen atoms in total. The number of fused-ring (bicyclic) bond motifs is 4. The van der Waals surface area contributed by atoms with Gasteiger partial charge in [0, 0.05) is 0 Å². The molecule has 0 aromatic heterocycles. The minimum atomic E-state index is -0.680. The summed E-state index contributed by atoms with van der Waals surface area (Å²) in [6.45, 7) is 13.9. The first-order valence-electron chi connectivity index (χ1n) is 14.0. The van der Waals surface area contributed by atoms with E-state index in [0.717, 1.165) is 44.9 Å². The fourth-order valence-electron chi connectivity index (χ4n) is 12.2. The average molecular weight is 471 g/mol. The number of aliphatic carboxylic acids is 1. The van der Waals surface area contributed by atoms with Crippen LogP contribution < -0.4 is 0 Å². The normalized spacial score (nSPS) is 61.2. The van der Waals surface area contributed by atoms with Crippen molar-refractivity contribution in [2.45, 2.75) is 105 Å². The molecule has 0 aromatic carbocycles. The molecule has 0 heterocycles. The lowest BCUT2D eigenvalue weighted by molar-refractivity contribution is -0.223. The van der Waals surface area contributed by atoms with Crippen molar-refractivity contribution in [2.24, 2.45) is 62.1 Å². The van der Waals surface area contributed by atoms with Crippen LogP contribution in [-0.4, -0.2) is 33.5 Å². The van der Waals surface area contributed by atoms with E-state index in [1.165, 1.54) is 0 Å². The average Bonchev–Trinajstić information content (AvgIpc) is 3.46. The van der Waals surface area contributed by atoms with Gasteiger partial charge in [0.05, 0.1) is 17.6 Å². The maximum atomic E-state index is 12.9. The van der Waals surface area contributed by atoms with Crippen molar-refractivity contribution in [2.75, 3.05) is 0 Å². The Kier molecular flexibility index (Phi) is 4.51. The molecule has 0 amide bonds. The van der Waals surface area contributed by atoms with Gasteiger partial charge in [0.1, 0.15) is 0 Å². The summed E-state index contributed by atoms with van der Waals surface area (Å²) in [5, 5.41) is 32.5. The standard InChI is InChI=1S/C30H46O4/c1-17-7-11-28(24(33)34)13-14-30-16-29(30,22(28)18(17)2)12-9-21-26(5)15-19(31)23(32)25(3,4)20(26)8-10-27(21,30)6/h9,12,17-23,31-32H,7-8,10-11,13-16H2,1-6H3,(H,33,34). The molecule has 0 saturated heterocycles. The SMILES string of the molecule is CC1CCC2(C(=O)O)CCC34CC3(C=CC3C5(C)CC(O)C(O)C(C)(C)C5CCC34C)C2C1C. The number of aliphatic hydroxyl groups excluding tert-OH is 2.